The highest BCUT2D eigenvalue weighted by atomic mass is 19.1. The van der Waals surface area contributed by atoms with E-state index < -0.39 is 5.82 Å². The molecule has 3 heteroatoms. The average molecular weight is 263 g/mol. The van der Waals surface area contributed by atoms with Crippen molar-refractivity contribution in [1.82, 2.24) is 0 Å². The van der Waals surface area contributed by atoms with E-state index in [1.807, 2.05) is 0 Å². The molecule has 4 saturated carbocycles. The number of benzene rings is 1. The van der Waals surface area contributed by atoms with Crippen LogP contribution in [0.15, 0.2) is 18.2 Å². The molecule has 2 N–H and O–H groups in total. The zero-order valence-electron chi connectivity index (χ0n) is 10.9. The Balaban J connectivity index is 1.78. The van der Waals surface area contributed by atoms with Crippen molar-refractivity contribution in [2.45, 2.75) is 43.6 Å². The predicted molar refractivity (Wildman–Crippen MR) is 69.6 cm³/mol. The third kappa shape index (κ3) is 1.60. The lowest BCUT2D eigenvalue weighted by atomic mass is 9.46. The molecule has 0 aliphatic heterocycles. The molecule has 1 aromatic rings. The highest BCUT2D eigenvalue weighted by Gasteiger charge is 2.55. The highest BCUT2D eigenvalue weighted by Crippen LogP contribution is 2.60. The zero-order valence-corrected chi connectivity index (χ0v) is 10.9. The van der Waals surface area contributed by atoms with Crippen LogP contribution in [0.3, 0.4) is 0 Å². The summed E-state index contributed by atoms with van der Waals surface area (Å²) in [5.41, 5.74) is 6.98. The van der Waals surface area contributed by atoms with Crippen molar-refractivity contribution in [3.63, 3.8) is 0 Å². The Morgan fingerprint density at radius 2 is 1.74 bits per heavy atom. The van der Waals surface area contributed by atoms with Crippen molar-refractivity contribution in [2.75, 3.05) is 0 Å². The summed E-state index contributed by atoms with van der Waals surface area (Å²) in [5.74, 6) is 0.923. The van der Waals surface area contributed by atoms with Gasteiger partial charge in [-0.15, -0.1) is 0 Å². The monoisotopic (exact) mass is 263 g/mol. The van der Waals surface area contributed by atoms with Crippen LogP contribution >= 0.6 is 0 Å². The molecule has 4 fully saturated rings. The second-order valence-corrected chi connectivity index (χ2v) is 6.95. The molecule has 19 heavy (non-hydrogen) atoms. The highest BCUT2D eigenvalue weighted by molar-refractivity contribution is 5.31. The summed E-state index contributed by atoms with van der Waals surface area (Å²) in [6, 6.07) is 4.40. The molecule has 0 radical (unpaired) electrons. The van der Waals surface area contributed by atoms with E-state index in [1.165, 1.54) is 18.9 Å². The summed E-state index contributed by atoms with van der Waals surface area (Å²) >= 11 is 0. The smallest absolute Gasteiger partial charge is 0.129 e. The van der Waals surface area contributed by atoms with Crippen LogP contribution in [-0.2, 0) is 5.41 Å². The lowest BCUT2D eigenvalue weighted by Crippen LogP contribution is -2.58. The van der Waals surface area contributed by atoms with E-state index in [4.69, 9.17) is 5.73 Å². The maximum absolute atomic E-state index is 14.2. The van der Waals surface area contributed by atoms with Crippen LogP contribution in [0, 0.1) is 29.4 Å². The van der Waals surface area contributed by atoms with Crippen LogP contribution in [0.25, 0.3) is 0 Å². The minimum atomic E-state index is -0.484. The average Bonchev–Trinajstić information content (AvgIpc) is 2.34. The van der Waals surface area contributed by atoms with Crippen LogP contribution in [0.2, 0.25) is 0 Å². The van der Waals surface area contributed by atoms with Gasteiger partial charge in [-0.05, 0) is 66.9 Å². The van der Waals surface area contributed by atoms with Gasteiger partial charge in [-0.3, -0.25) is 0 Å². The summed E-state index contributed by atoms with van der Waals surface area (Å²) in [5, 5.41) is 0. The Morgan fingerprint density at radius 3 is 2.37 bits per heavy atom. The fourth-order valence-corrected chi connectivity index (χ4v) is 5.31. The Bertz CT molecular complexity index is 511. The first-order chi connectivity index (χ1) is 9.07. The SMILES string of the molecule is NC1C2CC3CC1CC(c1ccc(F)cc1F)(C3)C2. The predicted octanol–water partition coefficient (Wildman–Crippen LogP) is 3.37. The van der Waals surface area contributed by atoms with E-state index >= 15 is 0 Å². The maximum Gasteiger partial charge on any atom is 0.129 e. The van der Waals surface area contributed by atoms with Gasteiger partial charge < -0.3 is 5.73 Å². The Hall–Kier alpha value is -0.960. The van der Waals surface area contributed by atoms with E-state index in [1.54, 1.807) is 6.07 Å². The molecular weight excluding hydrogens is 244 g/mol. The quantitative estimate of drug-likeness (QED) is 0.826. The van der Waals surface area contributed by atoms with Gasteiger partial charge in [-0.25, -0.2) is 8.78 Å². The molecule has 4 bridgehead atoms. The van der Waals surface area contributed by atoms with Gasteiger partial charge in [0.15, 0.2) is 0 Å². The fraction of sp³-hybridized carbons (Fsp3) is 0.625. The van der Waals surface area contributed by atoms with E-state index in [9.17, 15) is 8.78 Å². The van der Waals surface area contributed by atoms with Crippen molar-refractivity contribution in [2.24, 2.45) is 23.5 Å². The van der Waals surface area contributed by atoms with Gasteiger partial charge in [0.25, 0.3) is 0 Å². The minimum Gasteiger partial charge on any atom is -0.327 e. The molecule has 0 saturated heterocycles. The Morgan fingerprint density at radius 1 is 1.05 bits per heavy atom. The molecule has 2 unspecified atom stereocenters. The molecule has 4 aliphatic rings. The van der Waals surface area contributed by atoms with Crippen molar-refractivity contribution in [3.05, 3.63) is 35.4 Å². The first-order valence-electron chi connectivity index (χ1n) is 7.28. The Labute approximate surface area is 112 Å². The minimum absolute atomic E-state index is 0.0653. The number of halogens is 2. The van der Waals surface area contributed by atoms with Gasteiger partial charge in [-0.1, -0.05) is 6.07 Å². The normalized spacial score (nSPS) is 43.7. The standard InChI is InChI=1S/C16H19F2N/c17-12-1-2-13(14(18)5-12)16-6-9-3-10(7-16)15(19)11(4-9)8-16/h1-2,5,9-11,15H,3-4,6-8,19H2. The first kappa shape index (κ1) is 11.8. The largest absolute Gasteiger partial charge is 0.327 e. The second-order valence-electron chi connectivity index (χ2n) is 6.95. The maximum atomic E-state index is 14.2. The van der Waals surface area contributed by atoms with E-state index in [-0.39, 0.29) is 11.2 Å². The van der Waals surface area contributed by atoms with Crippen molar-refractivity contribution in [3.8, 4) is 0 Å². The van der Waals surface area contributed by atoms with Crippen molar-refractivity contribution in [1.29, 1.82) is 0 Å². The van der Waals surface area contributed by atoms with Crippen molar-refractivity contribution >= 4 is 0 Å². The molecular formula is C16H19F2N. The number of rotatable bonds is 1. The van der Waals surface area contributed by atoms with Gasteiger partial charge in [0.05, 0.1) is 0 Å². The molecule has 1 nitrogen and oxygen atoms in total. The summed E-state index contributed by atoms with van der Waals surface area (Å²) in [6.45, 7) is 0. The van der Waals surface area contributed by atoms with Gasteiger partial charge in [0.1, 0.15) is 11.6 Å². The molecule has 102 valence electrons. The van der Waals surface area contributed by atoms with Crippen LogP contribution in [-0.4, -0.2) is 6.04 Å². The number of nitrogens with two attached hydrogens (primary N) is 1. The molecule has 2 atom stereocenters. The summed E-state index contributed by atoms with van der Waals surface area (Å²) in [7, 11) is 0. The van der Waals surface area contributed by atoms with E-state index in [0.29, 0.717) is 23.8 Å². The van der Waals surface area contributed by atoms with Gasteiger partial charge in [0.2, 0.25) is 0 Å². The van der Waals surface area contributed by atoms with Gasteiger partial charge >= 0.3 is 0 Å². The van der Waals surface area contributed by atoms with Gasteiger partial charge in [-0.2, -0.15) is 0 Å². The Kier molecular flexibility index (Phi) is 2.36. The summed E-state index contributed by atoms with van der Waals surface area (Å²) in [6.07, 6.45) is 5.47. The van der Waals surface area contributed by atoms with Crippen LogP contribution < -0.4 is 5.73 Å². The second kappa shape index (κ2) is 3.78. The molecule has 0 aromatic heterocycles. The molecule has 0 heterocycles. The lowest BCUT2D eigenvalue weighted by Gasteiger charge is -2.59. The molecule has 1 aromatic carbocycles. The van der Waals surface area contributed by atoms with Crippen molar-refractivity contribution < 1.29 is 8.78 Å². The van der Waals surface area contributed by atoms with E-state index in [2.05, 4.69) is 0 Å². The third-order valence-corrected chi connectivity index (χ3v) is 5.85. The van der Waals surface area contributed by atoms with E-state index in [0.717, 1.165) is 30.9 Å². The number of hydrogen-bond acceptors (Lipinski definition) is 1. The molecule has 0 amide bonds. The van der Waals surface area contributed by atoms with Crippen LogP contribution in [0.4, 0.5) is 8.78 Å². The van der Waals surface area contributed by atoms with Crippen LogP contribution in [0.5, 0.6) is 0 Å². The fourth-order valence-electron chi connectivity index (χ4n) is 5.31. The first-order valence-corrected chi connectivity index (χ1v) is 7.28. The summed E-state index contributed by atoms with van der Waals surface area (Å²) < 4.78 is 27.3. The molecule has 5 rings (SSSR count). The topological polar surface area (TPSA) is 26.0 Å². The van der Waals surface area contributed by atoms with Gasteiger partial charge in [0, 0.05) is 12.1 Å². The molecule has 4 aliphatic carbocycles. The third-order valence-electron chi connectivity index (χ3n) is 5.85. The van der Waals surface area contributed by atoms with Crippen LogP contribution in [0.1, 0.15) is 37.7 Å². The lowest BCUT2D eigenvalue weighted by molar-refractivity contribution is -0.0240. The molecule has 0 spiro atoms. The zero-order chi connectivity index (χ0) is 13.2. The summed E-state index contributed by atoms with van der Waals surface area (Å²) in [4.78, 5) is 0. The number of hydrogen-bond donors (Lipinski definition) is 1.